The SMILES string of the molecule is CCN1CCN(CC(C)CNC(=NC)NCCC(C)c2cccc(C(F)(F)F)c2)CC1. The maximum atomic E-state index is 12.9. The summed E-state index contributed by atoms with van der Waals surface area (Å²) in [5.74, 6) is 1.25. The van der Waals surface area contributed by atoms with Gasteiger partial charge in [0.25, 0.3) is 0 Å². The van der Waals surface area contributed by atoms with E-state index in [1.807, 2.05) is 6.92 Å². The van der Waals surface area contributed by atoms with E-state index in [1.165, 1.54) is 12.1 Å². The topological polar surface area (TPSA) is 42.9 Å². The van der Waals surface area contributed by atoms with Crippen molar-refractivity contribution >= 4 is 5.96 Å². The number of hydrogen-bond donors (Lipinski definition) is 2. The van der Waals surface area contributed by atoms with Crippen molar-refractivity contribution in [2.24, 2.45) is 10.9 Å². The largest absolute Gasteiger partial charge is 0.416 e. The van der Waals surface area contributed by atoms with Crippen LogP contribution in [0.5, 0.6) is 0 Å². The van der Waals surface area contributed by atoms with E-state index in [0.717, 1.165) is 64.3 Å². The second-order valence-electron chi connectivity index (χ2n) is 8.53. The lowest BCUT2D eigenvalue weighted by atomic mass is 9.96. The zero-order valence-corrected chi connectivity index (χ0v) is 19.3. The van der Waals surface area contributed by atoms with Crippen LogP contribution in [0.1, 0.15) is 44.2 Å². The van der Waals surface area contributed by atoms with Crippen LogP contribution in [0.25, 0.3) is 0 Å². The third-order valence-electron chi connectivity index (χ3n) is 5.98. The Labute approximate surface area is 185 Å². The van der Waals surface area contributed by atoms with E-state index in [4.69, 9.17) is 0 Å². The number of benzene rings is 1. The zero-order chi connectivity index (χ0) is 22.9. The minimum Gasteiger partial charge on any atom is -0.356 e. The van der Waals surface area contributed by atoms with E-state index in [-0.39, 0.29) is 5.92 Å². The van der Waals surface area contributed by atoms with Crippen molar-refractivity contribution < 1.29 is 13.2 Å². The molecule has 2 unspecified atom stereocenters. The van der Waals surface area contributed by atoms with Crippen LogP contribution in [0.15, 0.2) is 29.3 Å². The molecule has 0 spiro atoms. The van der Waals surface area contributed by atoms with Gasteiger partial charge in [-0.05, 0) is 36.4 Å². The van der Waals surface area contributed by atoms with Gasteiger partial charge in [-0.15, -0.1) is 0 Å². The summed E-state index contributed by atoms with van der Waals surface area (Å²) >= 11 is 0. The fraction of sp³-hybridized carbons (Fsp3) is 0.696. The summed E-state index contributed by atoms with van der Waals surface area (Å²) in [6.07, 6.45) is -3.58. The predicted octanol–water partition coefficient (Wildman–Crippen LogP) is 3.64. The first kappa shape index (κ1) is 25.5. The Bertz CT molecular complexity index is 684. The van der Waals surface area contributed by atoms with Crippen LogP contribution in [0, 0.1) is 5.92 Å². The van der Waals surface area contributed by atoms with Crippen LogP contribution in [0.4, 0.5) is 13.2 Å². The molecule has 0 saturated carbocycles. The summed E-state index contributed by atoms with van der Waals surface area (Å²) in [7, 11) is 1.74. The Morgan fingerprint density at radius 2 is 1.77 bits per heavy atom. The Kier molecular flexibility index (Phi) is 10.1. The Hall–Kier alpha value is -1.80. The van der Waals surface area contributed by atoms with Gasteiger partial charge in [0.2, 0.25) is 0 Å². The molecule has 0 radical (unpaired) electrons. The zero-order valence-electron chi connectivity index (χ0n) is 19.3. The molecule has 1 aromatic rings. The van der Waals surface area contributed by atoms with Gasteiger partial charge < -0.3 is 20.4 Å². The van der Waals surface area contributed by atoms with Gasteiger partial charge in [0.05, 0.1) is 5.56 Å². The molecular formula is C23H38F3N5. The van der Waals surface area contributed by atoms with Crippen molar-refractivity contribution in [1.82, 2.24) is 20.4 Å². The number of guanidine groups is 1. The highest BCUT2D eigenvalue weighted by molar-refractivity contribution is 5.79. The molecule has 0 bridgehead atoms. The normalized spacial score (nSPS) is 18.6. The number of aliphatic imine (C=N–C) groups is 1. The summed E-state index contributed by atoms with van der Waals surface area (Å²) in [6.45, 7) is 14.6. The molecule has 1 heterocycles. The molecule has 176 valence electrons. The number of nitrogens with zero attached hydrogens (tertiary/aromatic N) is 3. The van der Waals surface area contributed by atoms with E-state index in [9.17, 15) is 13.2 Å². The highest BCUT2D eigenvalue weighted by Crippen LogP contribution is 2.31. The first-order chi connectivity index (χ1) is 14.7. The third kappa shape index (κ3) is 8.69. The summed E-state index contributed by atoms with van der Waals surface area (Å²) in [6, 6.07) is 5.60. The van der Waals surface area contributed by atoms with Crippen molar-refractivity contribution in [3.8, 4) is 0 Å². The van der Waals surface area contributed by atoms with Crippen molar-refractivity contribution in [2.75, 3.05) is 59.4 Å². The Morgan fingerprint density at radius 1 is 1.10 bits per heavy atom. The van der Waals surface area contributed by atoms with Crippen molar-refractivity contribution in [1.29, 1.82) is 0 Å². The van der Waals surface area contributed by atoms with Crippen LogP contribution < -0.4 is 10.6 Å². The number of halogens is 3. The number of nitrogens with one attached hydrogen (secondary N) is 2. The molecule has 1 aliphatic rings. The molecule has 31 heavy (non-hydrogen) atoms. The molecule has 2 atom stereocenters. The number of likely N-dealkylation sites (N-methyl/N-ethyl adjacent to an activating group) is 1. The second kappa shape index (κ2) is 12.3. The van der Waals surface area contributed by atoms with Gasteiger partial charge in [-0.3, -0.25) is 4.99 Å². The number of hydrogen-bond acceptors (Lipinski definition) is 3. The van der Waals surface area contributed by atoms with Gasteiger partial charge in [0.1, 0.15) is 0 Å². The minimum absolute atomic E-state index is 0.0219. The molecule has 5 nitrogen and oxygen atoms in total. The number of piperazine rings is 1. The summed E-state index contributed by atoms with van der Waals surface area (Å²) in [5, 5.41) is 6.66. The van der Waals surface area contributed by atoms with Crippen LogP contribution in [-0.2, 0) is 6.18 Å². The predicted molar refractivity (Wildman–Crippen MR) is 122 cm³/mol. The quantitative estimate of drug-likeness (QED) is 0.454. The van der Waals surface area contributed by atoms with Gasteiger partial charge in [0.15, 0.2) is 5.96 Å². The van der Waals surface area contributed by atoms with E-state index in [1.54, 1.807) is 13.1 Å². The van der Waals surface area contributed by atoms with Crippen LogP contribution in [-0.4, -0.2) is 75.2 Å². The summed E-state index contributed by atoms with van der Waals surface area (Å²) in [4.78, 5) is 9.27. The maximum Gasteiger partial charge on any atom is 0.416 e. The molecule has 1 aliphatic heterocycles. The van der Waals surface area contributed by atoms with E-state index < -0.39 is 11.7 Å². The molecule has 1 saturated heterocycles. The fourth-order valence-electron chi connectivity index (χ4n) is 3.88. The van der Waals surface area contributed by atoms with E-state index in [2.05, 4.69) is 39.3 Å². The molecule has 0 amide bonds. The molecule has 2 N–H and O–H groups in total. The van der Waals surface area contributed by atoms with Gasteiger partial charge in [-0.2, -0.15) is 13.2 Å². The highest BCUT2D eigenvalue weighted by atomic mass is 19.4. The molecule has 1 fully saturated rings. The average molecular weight is 442 g/mol. The number of rotatable bonds is 9. The minimum atomic E-state index is -4.31. The molecule has 0 aliphatic carbocycles. The lowest BCUT2D eigenvalue weighted by Crippen LogP contribution is -2.48. The fourth-order valence-corrected chi connectivity index (χ4v) is 3.88. The summed E-state index contributed by atoms with van der Waals surface area (Å²) < 4.78 is 38.8. The molecular weight excluding hydrogens is 403 g/mol. The standard InChI is InChI=1S/C23H38F3N5/c1-5-30-11-13-31(14-12-30)17-18(2)16-29-22(27-4)28-10-9-19(3)20-7-6-8-21(15-20)23(24,25)26/h6-8,15,18-19H,5,9-14,16-17H2,1-4H3,(H2,27,28,29). The van der Waals surface area contributed by atoms with Gasteiger partial charge >= 0.3 is 6.18 Å². The lowest BCUT2D eigenvalue weighted by Gasteiger charge is -2.35. The first-order valence-corrected chi connectivity index (χ1v) is 11.3. The van der Waals surface area contributed by atoms with Crippen molar-refractivity contribution in [3.05, 3.63) is 35.4 Å². The Balaban J connectivity index is 1.70. The van der Waals surface area contributed by atoms with Gasteiger partial charge in [-0.25, -0.2) is 0 Å². The molecule has 2 rings (SSSR count). The van der Waals surface area contributed by atoms with E-state index in [0.29, 0.717) is 18.0 Å². The molecule has 1 aromatic carbocycles. The Morgan fingerprint density at radius 3 is 2.39 bits per heavy atom. The first-order valence-electron chi connectivity index (χ1n) is 11.3. The average Bonchev–Trinajstić information content (AvgIpc) is 2.76. The monoisotopic (exact) mass is 441 g/mol. The summed E-state index contributed by atoms with van der Waals surface area (Å²) in [5.41, 5.74) is 0.115. The smallest absolute Gasteiger partial charge is 0.356 e. The van der Waals surface area contributed by atoms with Crippen molar-refractivity contribution in [3.63, 3.8) is 0 Å². The highest BCUT2D eigenvalue weighted by Gasteiger charge is 2.30. The van der Waals surface area contributed by atoms with Gasteiger partial charge in [-0.1, -0.05) is 39.0 Å². The molecule has 0 aromatic heterocycles. The number of alkyl halides is 3. The van der Waals surface area contributed by atoms with Crippen LogP contribution >= 0.6 is 0 Å². The van der Waals surface area contributed by atoms with Crippen LogP contribution in [0.3, 0.4) is 0 Å². The maximum absolute atomic E-state index is 12.9. The van der Waals surface area contributed by atoms with E-state index >= 15 is 0 Å². The lowest BCUT2D eigenvalue weighted by molar-refractivity contribution is -0.137. The van der Waals surface area contributed by atoms with Gasteiger partial charge in [0, 0.05) is 52.9 Å². The second-order valence-corrected chi connectivity index (χ2v) is 8.53. The molecule has 8 heteroatoms. The van der Waals surface area contributed by atoms with Crippen molar-refractivity contribution in [2.45, 2.75) is 39.3 Å². The third-order valence-corrected chi connectivity index (χ3v) is 5.98. The van der Waals surface area contributed by atoms with Crippen LogP contribution in [0.2, 0.25) is 0 Å².